The molecule has 0 fully saturated rings. The van der Waals surface area contributed by atoms with E-state index in [2.05, 4.69) is 4.98 Å². The van der Waals surface area contributed by atoms with Crippen LogP contribution in [0.15, 0.2) is 6.07 Å². The number of carbonyl (C=O) groups excluding carboxylic acids is 1. The molecule has 0 unspecified atom stereocenters. The maximum Gasteiger partial charge on any atom is 0.266 e. The fourth-order valence-corrected chi connectivity index (χ4v) is 1.26. The highest BCUT2D eigenvalue weighted by Crippen LogP contribution is 2.24. The normalized spacial score (nSPS) is 10.6. The van der Waals surface area contributed by atoms with Crippen LogP contribution in [0.25, 0.3) is 0 Å². The molecule has 1 aromatic heterocycles. The first-order valence-electron chi connectivity index (χ1n) is 4.04. The number of aryl methyl sites for hydroxylation is 1. The smallest absolute Gasteiger partial charge is 0.266 e. The quantitative estimate of drug-likeness (QED) is 0.754. The van der Waals surface area contributed by atoms with Crippen LogP contribution in [0.4, 0.5) is 8.78 Å². The SMILES string of the molecule is Cc1nc(CN)cc(C=O)c1C(F)F. The summed E-state index contributed by atoms with van der Waals surface area (Å²) in [4.78, 5) is 14.4. The Bertz CT molecular complexity index is 353. The van der Waals surface area contributed by atoms with Crippen molar-refractivity contribution < 1.29 is 13.6 Å². The van der Waals surface area contributed by atoms with E-state index >= 15 is 0 Å². The van der Waals surface area contributed by atoms with Crippen molar-refractivity contribution in [1.82, 2.24) is 4.98 Å². The molecule has 1 aromatic rings. The van der Waals surface area contributed by atoms with Gasteiger partial charge in [0.1, 0.15) is 0 Å². The zero-order chi connectivity index (χ0) is 10.7. The van der Waals surface area contributed by atoms with Crippen LogP contribution in [0, 0.1) is 6.92 Å². The van der Waals surface area contributed by atoms with Crippen LogP contribution in [0.5, 0.6) is 0 Å². The highest BCUT2D eigenvalue weighted by atomic mass is 19.3. The van der Waals surface area contributed by atoms with Gasteiger partial charge in [0, 0.05) is 23.4 Å². The lowest BCUT2D eigenvalue weighted by Gasteiger charge is -2.08. The predicted octanol–water partition coefficient (Wildman–Crippen LogP) is 1.60. The van der Waals surface area contributed by atoms with Crippen LogP contribution in [-0.4, -0.2) is 11.3 Å². The van der Waals surface area contributed by atoms with Crippen LogP contribution < -0.4 is 5.73 Å². The summed E-state index contributed by atoms with van der Waals surface area (Å²) in [5, 5.41) is 0. The van der Waals surface area contributed by atoms with Crippen molar-refractivity contribution >= 4 is 6.29 Å². The van der Waals surface area contributed by atoms with Gasteiger partial charge in [0.05, 0.1) is 5.69 Å². The molecule has 1 heterocycles. The number of aldehydes is 1. The van der Waals surface area contributed by atoms with E-state index in [1.165, 1.54) is 13.0 Å². The van der Waals surface area contributed by atoms with E-state index < -0.39 is 6.43 Å². The number of carbonyl (C=O) groups is 1. The van der Waals surface area contributed by atoms with E-state index in [1.807, 2.05) is 0 Å². The topological polar surface area (TPSA) is 56.0 Å². The summed E-state index contributed by atoms with van der Waals surface area (Å²) in [5.74, 6) is 0. The Hall–Kier alpha value is -1.36. The third kappa shape index (κ3) is 1.93. The second kappa shape index (κ2) is 4.23. The highest BCUT2D eigenvalue weighted by molar-refractivity contribution is 5.78. The summed E-state index contributed by atoms with van der Waals surface area (Å²) in [6.45, 7) is 1.57. The number of hydrogen-bond donors (Lipinski definition) is 1. The maximum atomic E-state index is 12.5. The first-order chi connectivity index (χ1) is 6.60. The summed E-state index contributed by atoms with van der Waals surface area (Å²) in [7, 11) is 0. The molecule has 2 N–H and O–H groups in total. The van der Waals surface area contributed by atoms with Gasteiger partial charge in [-0.1, -0.05) is 0 Å². The largest absolute Gasteiger partial charge is 0.325 e. The van der Waals surface area contributed by atoms with Gasteiger partial charge in [-0.05, 0) is 13.0 Å². The average molecular weight is 200 g/mol. The zero-order valence-corrected chi connectivity index (χ0v) is 7.63. The number of halogens is 2. The van der Waals surface area contributed by atoms with Gasteiger partial charge in [0.15, 0.2) is 6.29 Å². The van der Waals surface area contributed by atoms with Crippen LogP contribution in [0.1, 0.15) is 33.7 Å². The van der Waals surface area contributed by atoms with Crippen LogP contribution >= 0.6 is 0 Å². The molecule has 0 aliphatic rings. The lowest BCUT2D eigenvalue weighted by molar-refractivity contribution is 0.110. The van der Waals surface area contributed by atoms with Crippen molar-refractivity contribution in [2.24, 2.45) is 5.73 Å². The average Bonchev–Trinajstić information content (AvgIpc) is 2.15. The van der Waals surface area contributed by atoms with E-state index in [9.17, 15) is 13.6 Å². The minimum atomic E-state index is -2.69. The fraction of sp³-hybridized carbons (Fsp3) is 0.333. The minimum Gasteiger partial charge on any atom is -0.325 e. The molecule has 0 saturated carbocycles. The minimum absolute atomic E-state index is 0.0343. The van der Waals surface area contributed by atoms with Gasteiger partial charge in [-0.3, -0.25) is 9.78 Å². The summed E-state index contributed by atoms with van der Waals surface area (Å²) in [5.41, 5.74) is 5.56. The fourth-order valence-electron chi connectivity index (χ4n) is 1.26. The molecule has 0 atom stereocenters. The Morgan fingerprint density at radius 1 is 1.64 bits per heavy atom. The molecular weight excluding hydrogens is 190 g/mol. The third-order valence-electron chi connectivity index (χ3n) is 1.89. The van der Waals surface area contributed by atoms with Crippen LogP contribution in [0.2, 0.25) is 0 Å². The summed E-state index contributed by atoms with van der Waals surface area (Å²) in [6, 6.07) is 1.29. The van der Waals surface area contributed by atoms with Gasteiger partial charge >= 0.3 is 0 Å². The van der Waals surface area contributed by atoms with Crippen molar-refractivity contribution in [3.05, 3.63) is 28.6 Å². The maximum absolute atomic E-state index is 12.5. The van der Waals surface area contributed by atoms with Gasteiger partial charge in [0.2, 0.25) is 0 Å². The van der Waals surface area contributed by atoms with E-state index in [-0.39, 0.29) is 23.4 Å². The Morgan fingerprint density at radius 2 is 2.29 bits per heavy atom. The Labute approximate surface area is 79.9 Å². The van der Waals surface area contributed by atoms with E-state index in [0.29, 0.717) is 12.0 Å². The Morgan fingerprint density at radius 3 is 2.71 bits per heavy atom. The van der Waals surface area contributed by atoms with Crippen molar-refractivity contribution in [3.8, 4) is 0 Å². The van der Waals surface area contributed by atoms with Gasteiger partial charge in [0.25, 0.3) is 6.43 Å². The molecule has 5 heteroatoms. The molecule has 0 amide bonds. The first-order valence-corrected chi connectivity index (χ1v) is 4.04. The second-order valence-electron chi connectivity index (χ2n) is 2.82. The molecule has 0 aromatic carbocycles. The molecule has 0 aliphatic carbocycles. The standard InChI is InChI=1S/C9H10F2N2O/c1-5-8(9(10)11)6(4-14)2-7(3-12)13-5/h2,4,9H,3,12H2,1H3. The highest BCUT2D eigenvalue weighted by Gasteiger charge is 2.17. The number of hydrogen-bond acceptors (Lipinski definition) is 3. The molecule has 76 valence electrons. The van der Waals surface area contributed by atoms with E-state index in [4.69, 9.17) is 5.73 Å². The third-order valence-corrected chi connectivity index (χ3v) is 1.89. The zero-order valence-electron chi connectivity index (χ0n) is 7.63. The molecule has 14 heavy (non-hydrogen) atoms. The number of aromatic nitrogens is 1. The van der Waals surface area contributed by atoms with Crippen molar-refractivity contribution in [2.45, 2.75) is 19.9 Å². The lowest BCUT2D eigenvalue weighted by Crippen LogP contribution is -2.06. The molecule has 0 bridgehead atoms. The van der Waals surface area contributed by atoms with Crippen molar-refractivity contribution in [2.75, 3.05) is 0 Å². The number of rotatable bonds is 3. The predicted molar refractivity (Wildman–Crippen MR) is 47.2 cm³/mol. The van der Waals surface area contributed by atoms with Gasteiger partial charge in [-0.2, -0.15) is 0 Å². The Kier molecular flexibility index (Phi) is 3.24. The summed E-state index contributed by atoms with van der Waals surface area (Å²) < 4.78 is 25.0. The van der Waals surface area contributed by atoms with Crippen LogP contribution in [0.3, 0.4) is 0 Å². The molecule has 3 nitrogen and oxygen atoms in total. The number of nitrogens with two attached hydrogens (primary N) is 1. The number of pyridine rings is 1. The molecule has 0 radical (unpaired) electrons. The molecule has 0 aliphatic heterocycles. The van der Waals surface area contributed by atoms with Gasteiger partial charge in [-0.15, -0.1) is 0 Å². The van der Waals surface area contributed by atoms with Crippen molar-refractivity contribution in [1.29, 1.82) is 0 Å². The summed E-state index contributed by atoms with van der Waals surface area (Å²) >= 11 is 0. The number of nitrogens with zero attached hydrogens (tertiary/aromatic N) is 1. The molecule has 1 rings (SSSR count). The summed E-state index contributed by atoms with van der Waals surface area (Å²) in [6.07, 6.45) is -2.29. The van der Waals surface area contributed by atoms with Gasteiger partial charge < -0.3 is 5.73 Å². The van der Waals surface area contributed by atoms with E-state index in [1.54, 1.807) is 0 Å². The Balaban J connectivity index is 3.34. The molecular formula is C9H10F2N2O. The van der Waals surface area contributed by atoms with Crippen LogP contribution in [-0.2, 0) is 6.54 Å². The number of alkyl halides is 2. The van der Waals surface area contributed by atoms with Crippen molar-refractivity contribution in [3.63, 3.8) is 0 Å². The monoisotopic (exact) mass is 200 g/mol. The second-order valence-corrected chi connectivity index (χ2v) is 2.82. The molecule has 0 spiro atoms. The first kappa shape index (κ1) is 10.7. The molecule has 0 saturated heterocycles. The lowest BCUT2D eigenvalue weighted by atomic mass is 10.1. The van der Waals surface area contributed by atoms with E-state index in [0.717, 1.165) is 0 Å². The van der Waals surface area contributed by atoms with Gasteiger partial charge in [-0.25, -0.2) is 8.78 Å².